The average molecular weight is 271 g/mol. The fourth-order valence-corrected chi connectivity index (χ4v) is 2.53. The molecule has 1 rings (SSSR count). The van der Waals surface area contributed by atoms with Crippen molar-refractivity contribution in [1.82, 2.24) is 0 Å². The van der Waals surface area contributed by atoms with Gasteiger partial charge in [0.1, 0.15) is 0 Å². The van der Waals surface area contributed by atoms with Crippen LogP contribution in [0, 0.1) is 0 Å². The summed E-state index contributed by atoms with van der Waals surface area (Å²) in [5.74, 6) is -2.51. The SMILES string of the molecule is CC(C(=O)O)S(=O)(=O)Cc1cccc(C(N)=O)c1. The number of amides is 1. The molecule has 1 aromatic carbocycles. The van der Waals surface area contributed by atoms with Crippen molar-refractivity contribution in [3.05, 3.63) is 35.4 Å². The number of aliphatic carboxylic acids is 1. The Morgan fingerprint density at radius 3 is 2.50 bits per heavy atom. The van der Waals surface area contributed by atoms with Crippen molar-refractivity contribution in [2.45, 2.75) is 17.9 Å². The first-order chi connectivity index (χ1) is 8.24. The Kier molecular flexibility index (Phi) is 4.07. The van der Waals surface area contributed by atoms with E-state index in [0.29, 0.717) is 5.56 Å². The standard InChI is InChI=1S/C11H13NO5S/c1-7(11(14)15)18(16,17)6-8-3-2-4-9(5-8)10(12)13/h2-5,7H,6H2,1H3,(H2,12,13)(H,14,15). The molecule has 0 saturated carbocycles. The Hall–Kier alpha value is -1.89. The first-order valence-corrected chi connectivity index (χ1v) is 6.78. The highest BCUT2D eigenvalue weighted by molar-refractivity contribution is 7.91. The number of sulfone groups is 1. The minimum Gasteiger partial charge on any atom is -0.480 e. The van der Waals surface area contributed by atoms with Crippen molar-refractivity contribution in [2.75, 3.05) is 0 Å². The van der Waals surface area contributed by atoms with Crippen LogP contribution >= 0.6 is 0 Å². The first-order valence-electron chi connectivity index (χ1n) is 5.07. The second-order valence-corrected chi connectivity index (χ2v) is 6.17. The number of rotatable bonds is 5. The summed E-state index contributed by atoms with van der Waals surface area (Å²) in [6, 6.07) is 5.79. The maximum absolute atomic E-state index is 11.7. The highest BCUT2D eigenvalue weighted by Gasteiger charge is 2.27. The number of carboxylic acid groups (broad SMARTS) is 1. The molecule has 1 aromatic rings. The summed E-state index contributed by atoms with van der Waals surface area (Å²) < 4.78 is 23.5. The Balaban J connectivity index is 3.01. The number of nitrogens with two attached hydrogens (primary N) is 1. The number of hydrogen-bond donors (Lipinski definition) is 2. The lowest BCUT2D eigenvalue weighted by Crippen LogP contribution is -2.28. The van der Waals surface area contributed by atoms with Crippen LogP contribution < -0.4 is 5.73 Å². The lowest BCUT2D eigenvalue weighted by atomic mass is 10.1. The molecule has 0 saturated heterocycles. The molecule has 0 bridgehead atoms. The molecule has 6 nitrogen and oxygen atoms in total. The molecule has 7 heteroatoms. The third-order valence-corrected chi connectivity index (χ3v) is 4.48. The Labute approximate surface area is 104 Å². The van der Waals surface area contributed by atoms with Crippen LogP contribution in [0.1, 0.15) is 22.8 Å². The Morgan fingerprint density at radius 2 is 2.00 bits per heavy atom. The van der Waals surface area contributed by atoms with E-state index in [1.54, 1.807) is 0 Å². The summed E-state index contributed by atoms with van der Waals surface area (Å²) in [7, 11) is -3.81. The van der Waals surface area contributed by atoms with Gasteiger partial charge in [0, 0.05) is 5.56 Å². The summed E-state index contributed by atoms with van der Waals surface area (Å²) in [6.07, 6.45) is 0. The zero-order valence-corrected chi connectivity index (χ0v) is 10.5. The van der Waals surface area contributed by atoms with E-state index in [1.165, 1.54) is 24.3 Å². The van der Waals surface area contributed by atoms with E-state index in [1.807, 2.05) is 0 Å². The van der Waals surface area contributed by atoms with Crippen LogP contribution in [0.3, 0.4) is 0 Å². The van der Waals surface area contributed by atoms with Crippen LogP contribution in [0.2, 0.25) is 0 Å². The Bertz CT molecular complexity index is 579. The van der Waals surface area contributed by atoms with Gasteiger partial charge in [-0.15, -0.1) is 0 Å². The minimum atomic E-state index is -3.81. The summed E-state index contributed by atoms with van der Waals surface area (Å²) in [5.41, 5.74) is 5.59. The molecule has 1 amide bonds. The van der Waals surface area contributed by atoms with Gasteiger partial charge in [-0.3, -0.25) is 9.59 Å². The zero-order valence-electron chi connectivity index (χ0n) is 9.66. The molecule has 1 unspecified atom stereocenters. The van der Waals surface area contributed by atoms with E-state index in [4.69, 9.17) is 10.8 Å². The smallest absolute Gasteiger partial charge is 0.321 e. The van der Waals surface area contributed by atoms with Gasteiger partial charge in [-0.1, -0.05) is 12.1 Å². The van der Waals surface area contributed by atoms with Crippen molar-refractivity contribution in [3.8, 4) is 0 Å². The van der Waals surface area contributed by atoms with E-state index < -0.39 is 32.7 Å². The van der Waals surface area contributed by atoms with E-state index in [0.717, 1.165) is 6.92 Å². The monoisotopic (exact) mass is 271 g/mol. The number of primary amides is 1. The molecule has 0 aromatic heterocycles. The summed E-state index contributed by atoms with van der Waals surface area (Å²) in [4.78, 5) is 21.6. The lowest BCUT2D eigenvalue weighted by Gasteiger charge is -2.09. The van der Waals surface area contributed by atoms with Gasteiger partial charge in [-0.05, 0) is 24.6 Å². The van der Waals surface area contributed by atoms with Crippen LogP contribution in [-0.2, 0) is 20.4 Å². The second-order valence-electron chi connectivity index (χ2n) is 3.85. The zero-order chi connectivity index (χ0) is 13.9. The molecule has 0 aliphatic rings. The number of carbonyl (C=O) groups excluding carboxylic acids is 1. The first kappa shape index (κ1) is 14.2. The van der Waals surface area contributed by atoms with Gasteiger partial charge in [0.2, 0.25) is 5.91 Å². The van der Waals surface area contributed by atoms with Crippen LogP contribution in [0.4, 0.5) is 0 Å². The highest BCUT2D eigenvalue weighted by atomic mass is 32.2. The van der Waals surface area contributed by atoms with Gasteiger partial charge in [-0.2, -0.15) is 0 Å². The normalized spacial score (nSPS) is 12.9. The van der Waals surface area contributed by atoms with E-state index in [9.17, 15) is 18.0 Å². The predicted molar refractivity (Wildman–Crippen MR) is 64.7 cm³/mol. The van der Waals surface area contributed by atoms with Gasteiger partial charge in [0.05, 0.1) is 5.75 Å². The Morgan fingerprint density at radius 1 is 1.39 bits per heavy atom. The van der Waals surface area contributed by atoms with Crippen LogP contribution in [-0.4, -0.2) is 30.7 Å². The summed E-state index contributed by atoms with van der Waals surface area (Å²) in [6.45, 7) is 1.11. The molecule has 98 valence electrons. The van der Waals surface area contributed by atoms with Gasteiger partial charge in [-0.25, -0.2) is 8.42 Å². The fourth-order valence-electron chi connectivity index (χ4n) is 1.33. The molecular formula is C11H13NO5S. The van der Waals surface area contributed by atoms with Crippen molar-refractivity contribution >= 4 is 21.7 Å². The number of carbonyl (C=O) groups is 2. The molecule has 0 fully saturated rings. The van der Waals surface area contributed by atoms with Crippen LogP contribution in [0.15, 0.2) is 24.3 Å². The van der Waals surface area contributed by atoms with Gasteiger partial charge in [0.15, 0.2) is 15.1 Å². The van der Waals surface area contributed by atoms with E-state index in [2.05, 4.69) is 0 Å². The lowest BCUT2D eigenvalue weighted by molar-refractivity contribution is -0.136. The topological polar surface area (TPSA) is 115 Å². The molecule has 1 atom stereocenters. The summed E-state index contributed by atoms with van der Waals surface area (Å²) in [5, 5.41) is 7.19. The van der Waals surface area contributed by atoms with Crippen molar-refractivity contribution in [1.29, 1.82) is 0 Å². The predicted octanol–water partition coefficient (Wildman–Crippen LogP) is 0.173. The maximum Gasteiger partial charge on any atom is 0.321 e. The van der Waals surface area contributed by atoms with Gasteiger partial charge < -0.3 is 10.8 Å². The highest BCUT2D eigenvalue weighted by Crippen LogP contribution is 2.13. The minimum absolute atomic E-state index is 0.186. The fraction of sp³-hybridized carbons (Fsp3) is 0.273. The largest absolute Gasteiger partial charge is 0.480 e. The third kappa shape index (κ3) is 3.30. The molecule has 0 aliphatic carbocycles. The molecular weight excluding hydrogens is 258 g/mol. The second kappa shape index (κ2) is 5.18. The average Bonchev–Trinajstić information content (AvgIpc) is 2.27. The van der Waals surface area contributed by atoms with Crippen molar-refractivity contribution in [3.63, 3.8) is 0 Å². The van der Waals surface area contributed by atoms with Gasteiger partial charge >= 0.3 is 5.97 Å². The van der Waals surface area contributed by atoms with Crippen molar-refractivity contribution < 1.29 is 23.1 Å². The number of carboxylic acids is 1. The van der Waals surface area contributed by atoms with Gasteiger partial charge in [0.25, 0.3) is 0 Å². The molecule has 0 aliphatic heterocycles. The quantitative estimate of drug-likeness (QED) is 0.792. The number of hydrogen-bond acceptors (Lipinski definition) is 4. The van der Waals surface area contributed by atoms with Crippen LogP contribution in [0.25, 0.3) is 0 Å². The maximum atomic E-state index is 11.7. The molecule has 0 heterocycles. The van der Waals surface area contributed by atoms with E-state index in [-0.39, 0.29) is 5.56 Å². The van der Waals surface area contributed by atoms with Crippen LogP contribution in [0.5, 0.6) is 0 Å². The summed E-state index contributed by atoms with van der Waals surface area (Å²) >= 11 is 0. The van der Waals surface area contributed by atoms with Crippen molar-refractivity contribution in [2.24, 2.45) is 5.73 Å². The third-order valence-electron chi connectivity index (χ3n) is 2.47. The molecule has 0 radical (unpaired) electrons. The molecule has 18 heavy (non-hydrogen) atoms. The number of benzene rings is 1. The molecule has 3 N–H and O–H groups in total. The van der Waals surface area contributed by atoms with E-state index >= 15 is 0 Å². The molecule has 0 spiro atoms.